The predicted molar refractivity (Wildman–Crippen MR) is 78.4 cm³/mol. The maximum Gasteiger partial charge on any atom is 0.268 e. The second kappa shape index (κ2) is 4.69. The highest BCUT2D eigenvalue weighted by Crippen LogP contribution is 2.48. The van der Waals surface area contributed by atoms with Crippen molar-refractivity contribution in [1.29, 1.82) is 0 Å². The van der Waals surface area contributed by atoms with Crippen molar-refractivity contribution < 1.29 is 9.90 Å². The molecule has 0 saturated heterocycles. The van der Waals surface area contributed by atoms with Gasteiger partial charge in [-0.05, 0) is 37.2 Å². The molecule has 2 N–H and O–H groups in total. The van der Waals surface area contributed by atoms with E-state index in [1.54, 1.807) is 0 Å². The van der Waals surface area contributed by atoms with E-state index in [2.05, 4.69) is 15.2 Å². The average molecular weight is 283 g/mol. The molecule has 3 atom stereocenters. The molecule has 2 aliphatic carbocycles. The van der Waals surface area contributed by atoms with E-state index < -0.39 is 0 Å². The van der Waals surface area contributed by atoms with E-state index in [1.807, 2.05) is 24.3 Å². The van der Waals surface area contributed by atoms with Crippen LogP contribution in [0.3, 0.4) is 0 Å². The van der Waals surface area contributed by atoms with Crippen molar-refractivity contribution in [3.05, 3.63) is 24.3 Å². The van der Waals surface area contributed by atoms with Gasteiger partial charge in [-0.2, -0.15) is 0 Å². The van der Waals surface area contributed by atoms with Crippen molar-refractivity contribution >= 4 is 22.5 Å². The highest BCUT2D eigenvalue weighted by molar-refractivity contribution is 5.94. The normalized spacial score (nSPS) is 27.9. The number of hydrogen-bond donors (Lipinski definition) is 2. The zero-order valence-corrected chi connectivity index (χ0v) is 11.6. The summed E-state index contributed by atoms with van der Waals surface area (Å²) in [5.41, 5.74) is 1.14. The number of rotatable bonds is 2. The van der Waals surface area contributed by atoms with Gasteiger partial charge in [-0.3, -0.25) is 4.79 Å². The fourth-order valence-corrected chi connectivity index (χ4v) is 3.93. The van der Waals surface area contributed by atoms with Crippen LogP contribution in [0.5, 0.6) is 5.88 Å². The first-order valence-electron chi connectivity index (χ1n) is 7.47. The van der Waals surface area contributed by atoms with Gasteiger partial charge in [-0.25, -0.2) is 0 Å². The van der Waals surface area contributed by atoms with Gasteiger partial charge in [-0.1, -0.05) is 24.6 Å². The van der Waals surface area contributed by atoms with Crippen molar-refractivity contribution in [1.82, 2.24) is 4.98 Å². The second-order valence-electron chi connectivity index (χ2n) is 6.19. The van der Waals surface area contributed by atoms with Crippen molar-refractivity contribution in [3.8, 4) is 5.88 Å². The fourth-order valence-electron chi connectivity index (χ4n) is 3.93. The van der Waals surface area contributed by atoms with Gasteiger partial charge in [0.25, 0.3) is 5.91 Å². The molecule has 2 fully saturated rings. The Morgan fingerprint density at radius 1 is 1.24 bits per heavy atom. The van der Waals surface area contributed by atoms with Crippen molar-refractivity contribution in [2.75, 3.05) is 0 Å². The predicted octanol–water partition coefficient (Wildman–Crippen LogP) is 3.92. The SMILES string of the molecule is O=C(N=Nc1c(O)[nH]c2ccccc12)[C@H]1C[C@H]2CC[C@@H]1C2. The summed E-state index contributed by atoms with van der Waals surface area (Å²) in [5.74, 6) is 1.08. The number of H-pyrrole nitrogens is 1. The van der Waals surface area contributed by atoms with E-state index in [1.165, 1.54) is 12.8 Å². The number of carbonyl (C=O) groups excluding carboxylic acids is 1. The quantitative estimate of drug-likeness (QED) is 0.819. The summed E-state index contributed by atoms with van der Waals surface area (Å²) >= 11 is 0. The molecule has 0 spiro atoms. The van der Waals surface area contributed by atoms with Gasteiger partial charge in [0, 0.05) is 11.3 Å². The molecule has 0 radical (unpaired) electrons. The fraction of sp³-hybridized carbons (Fsp3) is 0.438. The molecular weight excluding hydrogens is 266 g/mol. The van der Waals surface area contributed by atoms with Crippen molar-refractivity contribution in [2.24, 2.45) is 28.0 Å². The van der Waals surface area contributed by atoms with Gasteiger partial charge in [0.15, 0.2) is 5.69 Å². The van der Waals surface area contributed by atoms with Crippen LogP contribution in [0.15, 0.2) is 34.5 Å². The number of azo groups is 1. The number of benzene rings is 1. The number of hydrogen-bond acceptors (Lipinski definition) is 3. The number of amides is 1. The lowest BCUT2D eigenvalue weighted by Crippen LogP contribution is -2.18. The molecule has 5 nitrogen and oxygen atoms in total. The van der Waals surface area contributed by atoms with Crippen LogP contribution in [0.1, 0.15) is 25.7 Å². The molecule has 2 saturated carbocycles. The number of aromatic hydroxyl groups is 1. The molecule has 0 aliphatic heterocycles. The standard InChI is InChI=1S/C16H17N3O2/c20-15(12-8-9-5-6-10(12)7-9)19-18-14-11-3-1-2-4-13(11)17-16(14)21/h1-4,9-10,12,17,21H,5-8H2/t9-,10+,12-/m0/s1. The van der Waals surface area contributed by atoms with E-state index in [-0.39, 0.29) is 17.7 Å². The van der Waals surface area contributed by atoms with Crippen LogP contribution in [0, 0.1) is 17.8 Å². The molecule has 1 aromatic heterocycles. The maximum absolute atomic E-state index is 12.2. The summed E-state index contributed by atoms with van der Waals surface area (Å²) in [6.45, 7) is 0. The van der Waals surface area contributed by atoms with Crippen LogP contribution in [0.4, 0.5) is 5.69 Å². The van der Waals surface area contributed by atoms with Gasteiger partial charge in [0.2, 0.25) is 5.88 Å². The highest BCUT2D eigenvalue weighted by Gasteiger charge is 2.43. The van der Waals surface area contributed by atoms with Gasteiger partial charge in [0.1, 0.15) is 0 Å². The number of fused-ring (bicyclic) bond motifs is 3. The van der Waals surface area contributed by atoms with Crippen molar-refractivity contribution in [2.45, 2.75) is 25.7 Å². The maximum atomic E-state index is 12.2. The minimum atomic E-state index is -0.133. The number of nitrogens with zero attached hydrogens (tertiary/aromatic N) is 2. The molecule has 1 amide bonds. The molecule has 0 unspecified atom stereocenters. The van der Waals surface area contributed by atoms with Crippen LogP contribution in [0.2, 0.25) is 0 Å². The molecule has 4 rings (SSSR count). The Bertz CT molecular complexity index is 734. The zero-order valence-electron chi connectivity index (χ0n) is 11.6. The van der Waals surface area contributed by atoms with Gasteiger partial charge < -0.3 is 10.1 Å². The Labute approximate surface area is 122 Å². The molecule has 21 heavy (non-hydrogen) atoms. The summed E-state index contributed by atoms with van der Waals surface area (Å²) in [5, 5.41) is 18.6. The first-order chi connectivity index (χ1) is 10.2. The average Bonchev–Trinajstić information content (AvgIpc) is 3.18. The third-order valence-electron chi connectivity index (χ3n) is 4.96. The number of para-hydroxylation sites is 1. The van der Waals surface area contributed by atoms with E-state index >= 15 is 0 Å². The Hall–Kier alpha value is -2.17. The summed E-state index contributed by atoms with van der Waals surface area (Å²) in [4.78, 5) is 15.1. The van der Waals surface area contributed by atoms with Crippen LogP contribution < -0.4 is 0 Å². The van der Waals surface area contributed by atoms with Crippen LogP contribution >= 0.6 is 0 Å². The molecule has 1 aromatic carbocycles. The summed E-state index contributed by atoms with van der Waals surface area (Å²) in [6.07, 6.45) is 4.54. The third kappa shape index (κ3) is 2.04. The van der Waals surface area contributed by atoms with Gasteiger partial charge in [0.05, 0.1) is 5.52 Å². The summed E-state index contributed by atoms with van der Waals surface area (Å²) < 4.78 is 0. The smallest absolute Gasteiger partial charge is 0.268 e. The molecule has 1 heterocycles. The molecule has 2 aliphatic rings. The molecular formula is C16H17N3O2. The lowest BCUT2D eigenvalue weighted by molar-refractivity contribution is -0.123. The topological polar surface area (TPSA) is 77.8 Å². The van der Waals surface area contributed by atoms with E-state index in [0.29, 0.717) is 17.5 Å². The van der Waals surface area contributed by atoms with Gasteiger partial charge in [-0.15, -0.1) is 10.2 Å². The van der Waals surface area contributed by atoms with Crippen molar-refractivity contribution in [3.63, 3.8) is 0 Å². The molecule has 2 aromatic rings. The lowest BCUT2D eigenvalue weighted by atomic mass is 9.88. The first kappa shape index (κ1) is 12.6. The Morgan fingerprint density at radius 3 is 2.86 bits per heavy atom. The number of aromatic amines is 1. The zero-order chi connectivity index (χ0) is 14.4. The summed E-state index contributed by atoms with van der Waals surface area (Å²) in [7, 11) is 0. The first-order valence-corrected chi connectivity index (χ1v) is 7.47. The minimum Gasteiger partial charge on any atom is -0.493 e. The monoisotopic (exact) mass is 283 g/mol. The molecule has 108 valence electrons. The Morgan fingerprint density at radius 2 is 2.10 bits per heavy atom. The van der Waals surface area contributed by atoms with E-state index in [4.69, 9.17) is 0 Å². The van der Waals surface area contributed by atoms with Crippen LogP contribution in [0.25, 0.3) is 10.9 Å². The second-order valence-corrected chi connectivity index (χ2v) is 6.19. The van der Waals surface area contributed by atoms with E-state index in [0.717, 1.165) is 23.7 Å². The largest absolute Gasteiger partial charge is 0.493 e. The number of aromatic nitrogens is 1. The Balaban J connectivity index is 1.59. The molecule has 2 bridgehead atoms. The van der Waals surface area contributed by atoms with Gasteiger partial charge >= 0.3 is 0 Å². The number of nitrogens with one attached hydrogen (secondary N) is 1. The highest BCUT2D eigenvalue weighted by atomic mass is 16.3. The summed E-state index contributed by atoms with van der Waals surface area (Å²) in [6, 6.07) is 7.44. The Kier molecular flexibility index (Phi) is 2.80. The van der Waals surface area contributed by atoms with Crippen LogP contribution in [-0.4, -0.2) is 16.0 Å². The lowest BCUT2D eigenvalue weighted by Gasteiger charge is -2.17. The molecule has 5 heteroatoms. The minimum absolute atomic E-state index is 0.0410. The van der Waals surface area contributed by atoms with E-state index in [9.17, 15) is 9.90 Å². The van der Waals surface area contributed by atoms with Crippen LogP contribution in [-0.2, 0) is 4.79 Å². The third-order valence-corrected chi connectivity index (χ3v) is 4.96. The number of carbonyl (C=O) groups is 1.